The van der Waals surface area contributed by atoms with Gasteiger partial charge in [0.25, 0.3) is 5.91 Å². The number of nitrogens with two attached hydrogens (primary N) is 1. The summed E-state index contributed by atoms with van der Waals surface area (Å²) in [7, 11) is 1.52. The maximum Gasteiger partial charge on any atom is 0.318 e. The lowest BCUT2D eigenvalue weighted by Gasteiger charge is -2.15. The van der Waals surface area contributed by atoms with E-state index in [9.17, 15) is 9.59 Å². The first-order valence-corrected chi connectivity index (χ1v) is 6.67. The van der Waals surface area contributed by atoms with Crippen LogP contribution < -0.4 is 25.8 Å². The molecule has 1 aromatic rings. The SMILES string of the molecule is CCCNCc1cccc(OC)c1OCC(=O)NC(N)=O. The molecule has 0 unspecified atom stereocenters. The van der Waals surface area contributed by atoms with Gasteiger partial charge in [0.1, 0.15) is 0 Å². The number of urea groups is 1. The second-order valence-corrected chi connectivity index (χ2v) is 4.33. The number of primary amides is 1. The van der Waals surface area contributed by atoms with Crippen LogP contribution in [0.15, 0.2) is 18.2 Å². The molecule has 0 spiro atoms. The van der Waals surface area contributed by atoms with E-state index in [1.54, 1.807) is 6.07 Å². The van der Waals surface area contributed by atoms with Gasteiger partial charge in [0, 0.05) is 12.1 Å². The number of nitrogens with one attached hydrogen (secondary N) is 2. The number of rotatable bonds is 8. The third-order valence-electron chi connectivity index (χ3n) is 2.63. The predicted octanol–water partition coefficient (Wildman–Crippen LogP) is 0.768. The molecule has 0 bridgehead atoms. The predicted molar refractivity (Wildman–Crippen MR) is 78.2 cm³/mol. The summed E-state index contributed by atoms with van der Waals surface area (Å²) >= 11 is 0. The number of carbonyl (C=O) groups excluding carboxylic acids is 2. The summed E-state index contributed by atoms with van der Waals surface area (Å²) in [6.07, 6.45) is 1.02. The minimum Gasteiger partial charge on any atom is -0.493 e. The first kappa shape index (κ1) is 16.8. The number of benzene rings is 1. The molecule has 0 atom stereocenters. The molecule has 0 saturated carbocycles. The highest BCUT2D eigenvalue weighted by Gasteiger charge is 2.13. The molecule has 116 valence electrons. The molecule has 7 nitrogen and oxygen atoms in total. The molecule has 1 aromatic carbocycles. The van der Waals surface area contributed by atoms with Gasteiger partial charge in [-0.25, -0.2) is 4.79 Å². The Morgan fingerprint density at radius 2 is 2.10 bits per heavy atom. The van der Waals surface area contributed by atoms with Crippen molar-refractivity contribution in [2.75, 3.05) is 20.3 Å². The lowest BCUT2D eigenvalue weighted by Crippen LogP contribution is -2.38. The number of imide groups is 1. The topological polar surface area (TPSA) is 103 Å². The van der Waals surface area contributed by atoms with E-state index < -0.39 is 11.9 Å². The number of para-hydroxylation sites is 1. The van der Waals surface area contributed by atoms with E-state index in [1.165, 1.54) is 7.11 Å². The lowest BCUT2D eigenvalue weighted by molar-refractivity contribution is -0.121. The van der Waals surface area contributed by atoms with Gasteiger partial charge >= 0.3 is 6.03 Å². The van der Waals surface area contributed by atoms with Gasteiger partial charge in [-0.15, -0.1) is 0 Å². The number of methoxy groups -OCH3 is 1. The summed E-state index contributed by atoms with van der Waals surface area (Å²) in [5.41, 5.74) is 5.74. The van der Waals surface area contributed by atoms with E-state index in [4.69, 9.17) is 15.2 Å². The number of hydrogen-bond donors (Lipinski definition) is 3. The minimum absolute atomic E-state index is 0.315. The fourth-order valence-corrected chi connectivity index (χ4v) is 1.74. The van der Waals surface area contributed by atoms with Crippen LogP contribution in [0.1, 0.15) is 18.9 Å². The smallest absolute Gasteiger partial charge is 0.318 e. The van der Waals surface area contributed by atoms with Gasteiger partial charge in [0.05, 0.1) is 7.11 Å². The van der Waals surface area contributed by atoms with Crippen LogP contribution in [0.2, 0.25) is 0 Å². The van der Waals surface area contributed by atoms with Gasteiger partial charge in [-0.3, -0.25) is 10.1 Å². The van der Waals surface area contributed by atoms with Crippen LogP contribution in [0, 0.1) is 0 Å². The highest BCUT2D eigenvalue weighted by Crippen LogP contribution is 2.30. The minimum atomic E-state index is -0.909. The Morgan fingerprint density at radius 1 is 1.33 bits per heavy atom. The summed E-state index contributed by atoms with van der Waals surface area (Å²) in [5.74, 6) is 0.391. The molecule has 0 saturated heterocycles. The quantitative estimate of drug-likeness (QED) is 0.615. The molecule has 4 N–H and O–H groups in total. The molecular formula is C14H21N3O4. The van der Waals surface area contributed by atoms with Crippen LogP contribution in [0.3, 0.4) is 0 Å². The van der Waals surface area contributed by atoms with Gasteiger partial charge in [-0.1, -0.05) is 19.1 Å². The monoisotopic (exact) mass is 295 g/mol. The molecule has 0 aromatic heterocycles. The second kappa shape index (κ2) is 8.80. The van der Waals surface area contributed by atoms with E-state index in [0.717, 1.165) is 18.5 Å². The van der Waals surface area contributed by atoms with Crippen LogP contribution in [0.5, 0.6) is 11.5 Å². The summed E-state index contributed by atoms with van der Waals surface area (Å²) in [6.45, 7) is 3.23. The Kier molecular flexibility index (Phi) is 7.03. The van der Waals surface area contributed by atoms with Crippen molar-refractivity contribution < 1.29 is 19.1 Å². The van der Waals surface area contributed by atoms with Crippen molar-refractivity contribution in [1.29, 1.82) is 0 Å². The third-order valence-corrected chi connectivity index (χ3v) is 2.63. The molecule has 3 amide bonds. The average molecular weight is 295 g/mol. The number of hydrogen-bond acceptors (Lipinski definition) is 5. The molecular weight excluding hydrogens is 274 g/mol. The zero-order valence-corrected chi connectivity index (χ0v) is 12.3. The highest BCUT2D eigenvalue weighted by atomic mass is 16.5. The van der Waals surface area contributed by atoms with Gasteiger partial charge in [-0.05, 0) is 19.0 Å². The molecule has 0 aliphatic carbocycles. The van der Waals surface area contributed by atoms with Gasteiger partial charge in [0.15, 0.2) is 18.1 Å². The van der Waals surface area contributed by atoms with Crippen LogP contribution in [-0.2, 0) is 11.3 Å². The molecule has 7 heteroatoms. The third kappa shape index (κ3) is 5.70. The Balaban J connectivity index is 2.76. The fraction of sp³-hybridized carbons (Fsp3) is 0.429. The molecule has 0 aliphatic rings. The summed E-state index contributed by atoms with van der Waals surface area (Å²) in [6, 6.07) is 4.56. The first-order valence-electron chi connectivity index (χ1n) is 6.67. The Morgan fingerprint density at radius 3 is 2.71 bits per heavy atom. The number of amides is 3. The van der Waals surface area contributed by atoms with Crippen LogP contribution in [0.25, 0.3) is 0 Å². The average Bonchev–Trinajstić information content (AvgIpc) is 2.45. The zero-order valence-electron chi connectivity index (χ0n) is 12.3. The fourth-order valence-electron chi connectivity index (χ4n) is 1.74. The highest BCUT2D eigenvalue weighted by molar-refractivity contribution is 5.94. The van der Waals surface area contributed by atoms with Gasteiger partial charge < -0.3 is 20.5 Å². The van der Waals surface area contributed by atoms with E-state index in [2.05, 4.69) is 12.2 Å². The molecule has 21 heavy (non-hydrogen) atoms. The summed E-state index contributed by atoms with van der Waals surface area (Å²) in [5, 5.41) is 5.19. The van der Waals surface area contributed by atoms with Crippen molar-refractivity contribution in [3.8, 4) is 11.5 Å². The van der Waals surface area contributed by atoms with Crippen LogP contribution >= 0.6 is 0 Å². The largest absolute Gasteiger partial charge is 0.493 e. The van der Waals surface area contributed by atoms with Crippen molar-refractivity contribution in [2.24, 2.45) is 5.73 Å². The Hall–Kier alpha value is -2.28. The first-order chi connectivity index (χ1) is 10.1. The number of carbonyl (C=O) groups is 2. The Bertz CT molecular complexity index is 491. The van der Waals surface area contributed by atoms with E-state index >= 15 is 0 Å². The van der Waals surface area contributed by atoms with Crippen LogP contribution in [0.4, 0.5) is 4.79 Å². The zero-order chi connectivity index (χ0) is 15.7. The maximum absolute atomic E-state index is 11.4. The molecule has 0 radical (unpaired) electrons. The number of ether oxygens (including phenoxy) is 2. The normalized spacial score (nSPS) is 10.0. The van der Waals surface area contributed by atoms with Crippen molar-refractivity contribution in [3.05, 3.63) is 23.8 Å². The molecule has 0 heterocycles. The molecule has 0 fully saturated rings. The Labute approximate surface area is 123 Å². The molecule has 0 aliphatic heterocycles. The van der Waals surface area contributed by atoms with Crippen molar-refractivity contribution >= 4 is 11.9 Å². The van der Waals surface area contributed by atoms with Crippen molar-refractivity contribution in [2.45, 2.75) is 19.9 Å². The van der Waals surface area contributed by atoms with Gasteiger partial charge in [-0.2, -0.15) is 0 Å². The molecule has 1 rings (SSSR count). The van der Waals surface area contributed by atoms with E-state index in [1.807, 2.05) is 17.4 Å². The van der Waals surface area contributed by atoms with Gasteiger partial charge in [0.2, 0.25) is 0 Å². The summed E-state index contributed by atoms with van der Waals surface area (Å²) in [4.78, 5) is 22.0. The van der Waals surface area contributed by atoms with E-state index in [-0.39, 0.29) is 6.61 Å². The van der Waals surface area contributed by atoms with Crippen LogP contribution in [-0.4, -0.2) is 32.2 Å². The summed E-state index contributed by atoms with van der Waals surface area (Å²) < 4.78 is 10.7. The van der Waals surface area contributed by atoms with Crippen molar-refractivity contribution in [1.82, 2.24) is 10.6 Å². The second-order valence-electron chi connectivity index (χ2n) is 4.33. The van der Waals surface area contributed by atoms with E-state index in [0.29, 0.717) is 18.0 Å². The van der Waals surface area contributed by atoms with Crippen molar-refractivity contribution in [3.63, 3.8) is 0 Å². The lowest BCUT2D eigenvalue weighted by atomic mass is 10.2. The standard InChI is InChI=1S/C14H21N3O4/c1-3-7-16-8-10-5-4-6-11(20-2)13(10)21-9-12(18)17-14(15)19/h4-6,16H,3,7-9H2,1-2H3,(H3,15,17,18,19). The maximum atomic E-state index is 11.4.